The Morgan fingerprint density at radius 2 is 1.86 bits per heavy atom. The summed E-state index contributed by atoms with van der Waals surface area (Å²) in [6, 6.07) is 18.3. The third-order valence-electron chi connectivity index (χ3n) is 6.12. The van der Waals surface area contributed by atoms with Crippen molar-refractivity contribution in [2.45, 2.75) is 37.1 Å². The van der Waals surface area contributed by atoms with E-state index in [1.807, 2.05) is 25.1 Å². The minimum atomic E-state index is -4.10. The van der Waals surface area contributed by atoms with Gasteiger partial charge >= 0.3 is 0 Å². The van der Waals surface area contributed by atoms with E-state index in [1.165, 1.54) is 24.3 Å². The van der Waals surface area contributed by atoms with E-state index in [1.54, 1.807) is 31.4 Å². The summed E-state index contributed by atoms with van der Waals surface area (Å²) in [5.41, 5.74) is 2.44. The van der Waals surface area contributed by atoms with Crippen molar-refractivity contribution in [2.75, 3.05) is 24.6 Å². The molecule has 0 heterocycles. The molecule has 190 valence electrons. The molecule has 36 heavy (non-hydrogen) atoms. The maximum Gasteiger partial charge on any atom is 0.264 e. The number of para-hydroxylation sites is 2. The Morgan fingerprint density at radius 1 is 1.11 bits per heavy atom. The van der Waals surface area contributed by atoms with Gasteiger partial charge in [-0.2, -0.15) is 0 Å². The molecule has 0 saturated heterocycles. The van der Waals surface area contributed by atoms with Crippen molar-refractivity contribution in [3.05, 3.63) is 82.9 Å². The summed E-state index contributed by atoms with van der Waals surface area (Å²) in [6.07, 6.45) is 2.58. The maximum atomic E-state index is 13.7. The van der Waals surface area contributed by atoms with E-state index < -0.39 is 22.5 Å². The van der Waals surface area contributed by atoms with Gasteiger partial charge in [-0.15, -0.1) is 0 Å². The predicted molar refractivity (Wildman–Crippen MR) is 140 cm³/mol. The SMILES string of the molecule is CCOc1ccccc1N(CC(=O)NC1CCCc2cc(OC)ccc21)S(=O)(=O)c1ccc(Cl)cc1. The van der Waals surface area contributed by atoms with Crippen LogP contribution in [-0.4, -0.2) is 34.6 Å². The highest BCUT2D eigenvalue weighted by molar-refractivity contribution is 7.92. The number of anilines is 1. The molecule has 7 nitrogen and oxygen atoms in total. The average molecular weight is 529 g/mol. The van der Waals surface area contributed by atoms with Gasteiger partial charge in [0.1, 0.15) is 18.0 Å². The van der Waals surface area contributed by atoms with Gasteiger partial charge in [0, 0.05) is 5.02 Å². The Labute approximate surface area is 217 Å². The van der Waals surface area contributed by atoms with Crippen LogP contribution in [0.25, 0.3) is 0 Å². The molecule has 0 spiro atoms. The zero-order valence-electron chi connectivity index (χ0n) is 20.2. The molecule has 0 aliphatic heterocycles. The van der Waals surface area contributed by atoms with Crippen LogP contribution in [0.2, 0.25) is 5.02 Å². The first-order valence-corrected chi connectivity index (χ1v) is 13.6. The van der Waals surface area contributed by atoms with Gasteiger partial charge in [-0.3, -0.25) is 9.10 Å². The number of sulfonamides is 1. The van der Waals surface area contributed by atoms with Crippen LogP contribution in [0, 0.1) is 0 Å². The highest BCUT2D eigenvalue weighted by atomic mass is 35.5. The zero-order valence-corrected chi connectivity index (χ0v) is 21.8. The van der Waals surface area contributed by atoms with Crippen molar-refractivity contribution >= 4 is 33.2 Å². The molecule has 3 aromatic rings. The summed E-state index contributed by atoms with van der Waals surface area (Å²) in [7, 11) is -2.48. The largest absolute Gasteiger partial charge is 0.497 e. The smallest absolute Gasteiger partial charge is 0.264 e. The Morgan fingerprint density at radius 3 is 2.58 bits per heavy atom. The summed E-state index contributed by atoms with van der Waals surface area (Å²) >= 11 is 5.98. The molecule has 0 fully saturated rings. The van der Waals surface area contributed by atoms with Crippen LogP contribution in [0.3, 0.4) is 0 Å². The number of methoxy groups -OCH3 is 1. The maximum absolute atomic E-state index is 13.7. The Bertz CT molecular complexity index is 1330. The number of hydrogen-bond acceptors (Lipinski definition) is 5. The van der Waals surface area contributed by atoms with Crippen LogP contribution >= 0.6 is 11.6 Å². The minimum absolute atomic E-state index is 0.0288. The fourth-order valence-corrected chi connectivity index (χ4v) is 5.97. The van der Waals surface area contributed by atoms with Crippen molar-refractivity contribution in [2.24, 2.45) is 0 Å². The Kier molecular flexibility index (Phi) is 8.06. The number of carbonyl (C=O) groups is 1. The molecule has 0 radical (unpaired) electrons. The van der Waals surface area contributed by atoms with Gasteiger partial charge in [0.05, 0.1) is 30.3 Å². The predicted octanol–water partition coefficient (Wildman–Crippen LogP) is 5.14. The van der Waals surface area contributed by atoms with Crippen molar-refractivity contribution in [1.29, 1.82) is 0 Å². The number of nitrogens with zero attached hydrogens (tertiary/aromatic N) is 1. The molecule has 1 aliphatic carbocycles. The van der Waals surface area contributed by atoms with Crippen molar-refractivity contribution in [3.63, 3.8) is 0 Å². The summed E-state index contributed by atoms with van der Waals surface area (Å²) in [6.45, 7) is 1.76. The van der Waals surface area contributed by atoms with Gasteiger partial charge < -0.3 is 14.8 Å². The number of aryl methyl sites for hydroxylation is 1. The number of halogens is 1. The third kappa shape index (κ3) is 5.60. The average Bonchev–Trinajstić information content (AvgIpc) is 2.88. The van der Waals surface area contributed by atoms with Gasteiger partial charge in [-0.25, -0.2) is 8.42 Å². The normalized spacial score (nSPS) is 15.0. The first-order valence-electron chi connectivity index (χ1n) is 11.8. The lowest BCUT2D eigenvalue weighted by Crippen LogP contribution is -2.42. The van der Waals surface area contributed by atoms with E-state index in [4.69, 9.17) is 21.1 Å². The van der Waals surface area contributed by atoms with Gasteiger partial charge in [0.15, 0.2) is 0 Å². The Hall–Kier alpha value is -3.23. The first kappa shape index (κ1) is 25.9. The van der Waals surface area contributed by atoms with Crippen LogP contribution in [0.15, 0.2) is 71.6 Å². The summed E-state index contributed by atoms with van der Waals surface area (Å²) in [5, 5.41) is 3.47. The highest BCUT2D eigenvalue weighted by Crippen LogP contribution is 2.34. The van der Waals surface area contributed by atoms with E-state index in [0.29, 0.717) is 23.1 Å². The van der Waals surface area contributed by atoms with Gasteiger partial charge in [-0.05, 0) is 85.8 Å². The highest BCUT2D eigenvalue weighted by Gasteiger charge is 2.31. The van der Waals surface area contributed by atoms with E-state index in [2.05, 4.69) is 5.32 Å². The lowest BCUT2D eigenvalue weighted by atomic mass is 9.87. The van der Waals surface area contributed by atoms with Crippen LogP contribution in [0.5, 0.6) is 11.5 Å². The number of ether oxygens (including phenoxy) is 2. The summed E-state index contributed by atoms with van der Waals surface area (Å²) in [5.74, 6) is 0.737. The first-order chi connectivity index (χ1) is 17.3. The molecular weight excluding hydrogens is 500 g/mol. The number of rotatable bonds is 9. The molecule has 0 aromatic heterocycles. The Balaban J connectivity index is 1.65. The van der Waals surface area contributed by atoms with Crippen LogP contribution in [0.1, 0.15) is 36.9 Å². The third-order valence-corrected chi connectivity index (χ3v) is 8.15. The molecule has 1 unspecified atom stereocenters. The molecular formula is C27H29ClN2O5S. The molecule has 4 rings (SSSR count). The molecule has 0 bridgehead atoms. The number of amides is 1. The molecule has 1 amide bonds. The van der Waals surface area contributed by atoms with Crippen LogP contribution < -0.4 is 19.1 Å². The van der Waals surface area contributed by atoms with Gasteiger partial charge in [0.2, 0.25) is 5.91 Å². The number of hydrogen-bond donors (Lipinski definition) is 1. The lowest BCUT2D eigenvalue weighted by molar-refractivity contribution is -0.120. The number of benzene rings is 3. The molecule has 0 saturated carbocycles. The van der Waals surface area contributed by atoms with E-state index in [0.717, 1.165) is 40.4 Å². The van der Waals surface area contributed by atoms with Gasteiger partial charge in [0.25, 0.3) is 10.0 Å². The second kappa shape index (κ2) is 11.2. The van der Waals surface area contributed by atoms with Crippen LogP contribution in [-0.2, 0) is 21.2 Å². The standard InChI is InChI=1S/C27H29ClN2O5S/c1-3-35-26-10-5-4-9-25(26)30(36(32,33)22-14-11-20(28)12-15-22)18-27(31)29-24-8-6-7-19-17-21(34-2)13-16-23(19)24/h4-5,9-17,24H,3,6-8,18H2,1-2H3,(H,29,31). The van der Waals surface area contributed by atoms with Gasteiger partial charge in [-0.1, -0.05) is 29.8 Å². The molecule has 1 atom stereocenters. The second-order valence-corrected chi connectivity index (χ2v) is 10.7. The monoisotopic (exact) mass is 528 g/mol. The molecule has 1 aliphatic rings. The summed E-state index contributed by atoms with van der Waals surface area (Å²) in [4.78, 5) is 13.4. The quantitative estimate of drug-likeness (QED) is 0.416. The molecule has 3 aromatic carbocycles. The van der Waals surface area contributed by atoms with E-state index in [9.17, 15) is 13.2 Å². The number of nitrogens with one attached hydrogen (secondary N) is 1. The fourth-order valence-electron chi connectivity index (χ4n) is 4.41. The molecule has 1 N–H and O–H groups in total. The van der Waals surface area contributed by atoms with Crippen molar-refractivity contribution in [3.8, 4) is 11.5 Å². The van der Waals surface area contributed by atoms with Crippen molar-refractivity contribution < 1.29 is 22.7 Å². The number of fused-ring (bicyclic) bond motifs is 1. The van der Waals surface area contributed by atoms with E-state index >= 15 is 0 Å². The molecule has 9 heteroatoms. The topological polar surface area (TPSA) is 84.9 Å². The van der Waals surface area contributed by atoms with Crippen LogP contribution in [0.4, 0.5) is 5.69 Å². The number of carbonyl (C=O) groups excluding carboxylic acids is 1. The second-order valence-electron chi connectivity index (χ2n) is 8.44. The lowest BCUT2D eigenvalue weighted by Gasteiger charge is -2.29. The zero-order chi connectivity index (χ0) is 25.7. The minimum Gasteiger partial charge on any atom is -0.497 e. The van der Waals surface area contributed by atoms with Crippen molar-refractivity contribution in [1.82, 2.24) is 5.32 Å². The summed E-state index contributed by atoms with van der Waals surface area (Å²) < 4.78 is 39.6. The van der Waals surface area contributed by atoms with E-state index in [-0.39, 0.29) is 10.9 Å². The fraction of sp³-hybridized carbons (Fsp3) is 0.296.